The van der Waals surface area contributed by atoms with Crippen molar-refractivity contribution in [1.82, 2.24) is 5.32 Å². The molecule has 3 rings (SSSR count). The molecule has 128 valence electrons. The van der Waals surface area contributed by atoms with Crippen LogP contribution in [0.15, 0.2) is 64.5 Å². The summed E-state index contributed by atoms with van der Waals surface area (Å²) in [7, 11) is 0. The molecule has 0 aliphatic carbocycles. The van der Waals surface area contributed by atoms with E-state index in [2.05, 4.69) is 29.4 Å². The van der Waals surface area contributed by atoms with Gasteiger partial charge in [-0.25, -0.2) is 0 Å². The van der Waals surface area contributed by atoms with Crippen LogP contribution in [0.1, 0.15) is 25.0 Å². The first-order valence-electron chi connectivity index (χ1n) is 7.93. The molecule has 0 aromatic heterocycles. The number of carbonyl (C=O) groups is 1. The van der Waals surface area contributed by atoms with Crippen LogP contribution in [0.3, 0.4) is 0 Å². The van der Waals surface area contributed by atoms with Gasteiger partial charge in [0.2, 0.25) is 0 Å². The van der Waals surface area contributed by atoms with Gasteiger partial charge in [0.25, 0.3) is 5.91 Å². The summed E-state index contributed by atoms with van der Waals surface area (Å²) in [5, 5.41) is 12.2. The second kappa shape index (κ2) is 6.69. The highest BCUT2D eigenvalue weighted by atomic mass is 35.5. The Bertz CT molecular complexity index is 886. The van der Waals surface area contributed by atoms with Gasteiger partial charge in [0, 0.05) is 16.1 Å². The van der Waals surface area contributed by atoms with E-state index in [1.165, 1.54) is 0 Å². The average molecular weight is 355 g/mol. The number of primary amides is 1. The zero-order valence-electron chi connectivity index (χ0n) is 14.1. The number of carbonyl (C=O) groups excluding carboxylic acids is 1. The Hall–Kier alpha value is -2.66. The second-order valence-electron chi connectivity index (χ2n) is 6.61. The quantitative estimate of drug-likeness (QED) is 0.639. The molecule has 0 radical (unpaired) electrons. The van der Waals surface area contributed by atoms with Gasteiger partial charge >= 0.3 is 0 Å². The lowest BCUT2D eigenvalue weighted by atomic mass is 9.85. The van der Waals surface area contributed by atoms with Crippen molar-refractivity contribution in [3.63, 3.8) is 0 Å². The van der Waals surface area contributed by atoms with Crippen LogP contribution in [0, 0.1) is 0 Å². The number of halogens is 1. The Labute approximate surface area is 151 Å². The molecule has 2 aromatic carbocycles. The Morgan fingerprint density at radius 3 is 2.68 bits per heavy atom. The second-order valence-corrected chi connectivity index (χ2v) is 7.05. The van der Waals surface area contributed by atoms with Crippen molar-refractivity contribution in [2.75, 3.05) is 0 Å². The highest BCUT2D eigenvalue weighted by Crippen LogP contribution is 2.32. The van der Waals surface area contributed by atoms with Crippen LogP contribution in [-0.4, -0.2) is 11.4 Å². The number of nitrogens with two attached hydrogens (primary N) is 1. The van der Waals surface area contributed by atoms with Crippen molar-refractivity contribution in [1.29, 1.82) is 0 Å². The topological polar surface area (TPSA) is 79.8 Å². The predicted octanol–water partition coefficient (Wildman–Crippen LogP) is 4.20. The highest BCUT2D eigenvalue weighted by molar-refractivity contribution is 6.30. The van der Waals surface area contributed by atoms with Gasteiger partial charge in [-0.1, -0.05) is 41.9 Å². The molecule has 0 unspecified atom stereocenters. The zero-order chi connectivity index (χ0) is 18.0. The predicted molar refractivity (Wildman–Crippen MR) is 99.4 cm³/mol. The number of azo groups is 1. The maximum atomic E-state index is 12.1. The van der Waals surface area contributed by atoms with E-state index in [0.29, 0.717) is 16.4 Å². The van der Waals surface area contributed by atoms with Gasteiger partial charge in [0.15, 0.2) is 5.70 Å². The van der Waals surface area contributed by atoms with E-state index < -0.39 is 5.91 Å². The summed E-state index contributed by atoms with van der Waals surface area (Å²) in [4.78, 5) is 12.1. The number of rotatable bonds is 3. The number of nitrogens with zero attached hydrogens (tertiary/aromatic N) is 2. The first kappa shape index (κ1) is 17.2. The van der Waals surface area contributed by atoms with Crippen molar-refractivity contribution in [3.05, 3.63) is 70.4 Å². The van der Waals surface area contributed by atoms with Crippen molar-refractivity contribution in [2.45, 2.75) is 25.8 Å². The Morgan fingerprint density at radius 2 is 1.96 bits per heavy atom. The van der Waals surface area contributed by atoms with Crippen LogP contribution in [-0.2, 0) is 11.2 Å². The summed E-state index contributed by atoms with van der Waals surface area (Å²) < 4.78 is 0. The molecule has 1 aliphatic heterocycles. The molecule has 1 aliphatic rings. The van der Waals surface area contributed by atoms with Crippen molar-refractivity contribution in [2.24, 2.45) is 16.0 Å². The Kier molecular flexibility index (Phi) is 4.59. The van der Waals surface area contributed by atoms with Gasteiger partial charge in [0.05, 0.1) is 11.4 Å². The van der Waals surface area contributed by atoms with E-state index in [9.17, 15) is 4.79 Å². The molecule has 1 heterocycles. The molecular weight excluding hydrogens is 336 g/mol. The van der Waals surface area contributed by atoms with Crippen molar-refractivity contribution in [3.8, 4) is 0 Å². The number of amides is 1. The summed E-state index contributed by atoms with van der Waals surface area (Å²) in [6.07, 6.45) is 0.837. The average Bonchev–Trinajstić information content (AvgIpc) is 2.53. The number of hydrogen-bond acceptors (Lipinski definition) is 4. The summed E-state index contributed by atoms with van der Waals surface area (Å²) in [6.45, 7) is 4.13. The molecular formula is C19H19ClN4O. The SMILES string of the molecule is CC1(C)Cc2ccccc2/C(=C(/N=N/c2cccc(Cl)c2)C(N)=O)N1. The highest BCUT2D eigenvalue weighted by Gasteiger charge is 2.30. The van der Waals surface area contributed by atoms with Gasteiger partial charge < -0.3 is 11.1 Å². The minimum Gasteiger partial charge on any atom is -0.377 e. The summed E-state index contributed by atoms with van der Waals surface area (Å²) in [6, 6.07) is 14.8. The molecule has 0 saturated carbocycles. The van der Waals surface area contributed by atoms with Crippen LogP contribution in [0.25, 0.3) is 5.70 Å². The van der Waals surface area contributed by atoms with E-state index in [0.717, 1.165) is 17.5 Å². The minimum atomic E-state index is -0.638. The van der Waals surface area contributed by atoms with Crippen LogP contribution in [0.5, 0.6) is 0 Å². The zero-order valence-corrected chi connectivity index (χ0v) is 14.8. The van der Waals surface area contributed by atoms with Crippen LogP contribution in [0.4, 0.5) is 5.69 Å². The monoisotopic (exact) mass is 354 g/mol. The van der Waals surface area contributed by atoms with E-state index in [4.69, 9.17) is 17.3 Å². The van der Waals surface area contributed by atoms with Gasteiger partial charge in [-0.3, -0.25) is 4.79 Å². The number of hydrogen-bond donors (Lipinski definition) is 2. The van der Waals surface area contributed by atoms with Gasteiger partial charge in [-0.2, -0.15) is 5.11 Å². The van der Waals surface area contributed by atoms with Crippen LogP contribution < -0.4 is 11.1 Å². The summed E-state index contributed by atoms with van der Waals surface area (Å²) >= 11 is 5.96. The first-order chi connectivity index (χ1) is 11.9. The molecule has 0 bridgehead atoms. The van der Waals surface area contributed by atoms with Crippen molar-refractivity contribution >= 4 is 28.9 Å². The van der Waals surface area contributed by atoms with E-state index in [1.807, 2.05) is 24.3 Å². The third-order valence-electron chi connectivity index (χ3n) is 3.93. The molecule has 3 N–H and O–H groups in total. The largest absolute Gasteiger partial charge is 0.377 e. The maximum Gasteiger partial charge on any atom is 0.271 e. The minimum absolute atomic E-state index is 0.0974. The van der Waals surface area contributed by atoms with Crippen molar-refractivity contribution < 1.29 is 4.79 Å². The van der Waals surface area contributed by atoms with Gasteiger partial charge in [-0.15, -0.1) is 5.11 Å². The lowest BCUT2D eigenvalue weighted by molar-refractivity contribution is -0.114. The molecule has 1 amide bonds. The van der Waals surface area contributed by atoms with E-state index in [1.54, 1.807) is 24.3 Å². The molecule has 25 heavy (non-hydrogen) atoms. The lowest BCUT2D eigenvalue weighted by Crippen LogP contribution is -2.44. The third-order valence-corrected chi connectivity index (χ3v) is 4.16. The summed E-state index contributed by atoms with van der Waals surface area (Å²) in [5.74, 6) is -0.638. The standard InChI is InChI=1S/C19H19ClN4O/c1-19(2)11-12-6-3-4-9-15(12)16(22-19)17(18(21)25)24-23-14-8-5-7-13(20)10-14/h3-10,22H,11H2,1-2H3,(H2,21,25)/b17-16-,24-23+. The molecule has 0 fully saturated rings. The fraction of sp³-hybridized carbons (Fsp3) is 0.211. The Morgan fingerprint density at radius 1 is 1.20 bits per heavy atom. The first-order valence-corrected chi connectivity index (χ1v) is 8.31. The molecule has 2 aromatic rings. The van der Waals surface area contributed by atoms with Crippen LogP contribution in [0.2, 0.25) is 5.02 Å². The molecule has 0 spiro atoms. The maximum absolute atomic E-state index is 12.1. The van der Waals surface area contributed by atoms with Gasteiger partial charge in [0.1, 0.15) is 0 Å². The molecule has 0 saturated heterocycles. The number of nitrogens with one attached hydrogen (secondary N) is 1. The van der Waals surface area contributed by atoms with E-state index in [-0.39, 0.29) is 11.2 Å². The number of benzene rings is 2. The molecule has 0 atom stereocenters. The van der Waals surface area contributed by atoms with Gasteiger partial charge in [-0.05, 0) is 44.0 Å². The molecule has 6 heteroatoms. The third kappa shape index (κ3) is 3.88. The normalized spacial score (nSPS) is 17.7. The number of fused-ring (bicyclic) bond motifs is 1. The molecule has 5 nitrogen and oxygen atoms in total. The van der Waals surface area contributed by atoms with Crippen LogP contribution >= 0.6 is 11.6 Å². The van der Waals surface area contributed by atoms with E-state index >= 15 is 0 Å². The Balaban J connectivity index is 2.11. The summed E-state index contributed by atoms with van der Waals surface area (Å²) in [5.41, 5.74) is 8.67. The smallest absolute Gasteiger partial charge is 0.271 e. The fourth-order valence-corrected chi connectivity index (χ4v) is 3.08. The fourth-order valence-electron chi connectivity index (χ4n) is 2.90. The lowest BCUT2D eigenvalue weighted by Gasteiger charge is -2.35.